The van der Waals surface area contributed by atoms with E-state index in [0.717, 1.165) is 34.9 Å². The van der Waals surface area contributed by atoms with E-state index in [1.807, 2.05) is 31.2 Å². The van der Waals surface area contributed by atoms with Crippen molar-refractivity contribution >= 4 is 16.7 Å². The molecule has 1 aromatic carbocycles. The molecule has 1 aliphatic rings. The summed E-state index contributed by atoms with van der Waals surface area (Å²) in [4.78, 5) is 15.5. The SMILES string of the molecule is Cc1nccc2ccc(C3(C(=O)O)CC3)cc12. The first-order chi connectivity index (χ1) is 8.13. The van der Waals surface area contributed by atoms with Gasteiger partial charge in [0.15, 0.2) is 0 Å². The van der Waals surface area contributed by atoms with Gasteiger partial charge in [-0.15, -0.1) is 0 Å². The summed E-state index contributed by atoms with van der Waals surface area (Å²) in [6.45, 7) is 1.95. The molecule has 3 heteroatoms. The number of aliphatic carboxylic acids is 1. The Kier molecular flexibility index (Phi) is 1.99. The second-order valence-electron chi connectivity index (χ2n) is 4.72. The molecule has 3 rings (SSSR count). The zero-order chi connectivity index (χ0) is 12.0. The first-order valence-corrected chi connectivity index (χ1v) is 5.73. The van der Waals surface area contributed by atoms with Crippen LogP contribution in [0.5, 0.6) is 0 Å². The third-order valence-corrected chi connectivity index (χ3v) is 3.68. The van der Waals surface area contributed by atoms with E-state index in [2.05, 4.69) is 4.98 Å². The molecular weight excluding hydrogens is 214 g/mol. The Morgan fingerprint density at radius 1 is 1.35 bits per heavy atom. The molecule has 1 aromatic heterocycles. The zero-order valence-corrected chi connectivity index (χ0v) is 9.60. The highest BCUT2D eigenvalue weighted by molar-refractivity contribution is 5.90. The van der Waals surface area contributed by atoms with E-state index in [-0.39, 0.29) is 0 Å². The maximum atomic E-state index is 11.3. The highest BCUT2D eigenvalue weighted by Gasteiger charge is 2.51. The number of rotatable bonds is 2. The number of carboxylic acid groups (broad SMARTS) is 1. The number of aryl methyl sites for hydroxylation is 1. The van der Waals surface area contributed by atoms with E-state index >= 15 is 0 Å². The predicted molar refractivity (Wildman–Crippen MR) is 65.0 cm³/mol. The van der Waals surface area contributed by atoms with Crippen LogP contribution >= 0.6 is 0 Å². The molecule has 0 unspecified atom stereocenters. The minimum absolute atomic E-state index is 0.629. The monoisotopic (exact) mass is 227 g/mol. The quantitative estimate of drug-likeness (QED) is 0.858. The molecule has 1 saturated carbocycles. The average Bonchev–Trinajstić information content (AvgIpc) is 3.10. The lowest BCUT2D eigenvalue weighted by molar-refractivity contribution is -0.140. The molecule has 0 atom stereocenters. The van der Waals surface area contributed by atoms with Crippen LogP contribution in [0.3, 0.4) is 0 Å². The Morgan fingerprint density at radius 2 is 2.12 bits per heavy atom. The summed E-state index contributed by atoms with van der Waals surface area (Å²) in [5.74, 6) is -0.710. The van der Waals surface area contributed by atoms with Crippen molar-refractivity contribution in [2.75, 3.05) is 0 Å². The third kappa shape index (κ3) is 1.42. The van der Waals surface area contributed by atoms with Crippen LogP contribution in [0.2, 0.25) is 0 Å². The molecule has 0 radical (unpaired) electrons. The van der Waals surface area contributed by atoms with Crippen molar-refractivity contribution < 1.29 is 9.90 Å². The average molecular weight is 227 g/mol. The lowest BCUT2D eigenvalue weighted by Gasteiger charge is -2.11. The van der Waals surface area contributed by atoms with Gasteiger partial charge in [0.1, 0.15) is 0 Å². The van der Waals surface area contributed by atoms with Crippen molar-refractivity contribution in [3.8, 4) is 0 Å². The van der Waals surface area contributed by atoms with Gasteiger partial charge in [-0.05, 0) is 42.8 Å². The van der Waals surface area contributed by atoms with Gasteiger partial charge in [0.05, 0.1) is 5.41 Å². The smallest absolute Gasteiger partial charge is 0.314 e. The van der Waals surface area contributed by atoms with E-state index < -0.39 is 11.4 Å². The molecule has 0 amide bonds. The molecule has 1 heterocycles. The van der Waals surface area contributed by atoms with Crippen molar-refractivity contribution in [3.63, 3.8) is 0 Å². The molecule has 0 bridgehead atoms. The summed E-state index contributed by atoms with van der Waals surface area (Å²) < 4.78 is 0. The summed E-state index contributed by atoms with van der Waals surface area (Å²) >= 11 is 0. The summed E-state index contributed by atoms with van der Waals surface area (Å²) in [6.07, 6.45) is 3.27. The molecule has 17 heavy (non-hydrogen) atoms. The number of carboxylic acids is 1. The molecule has 1 aliphatic carbocycles. The Labute approximate surface area is 99.1 Å². The lowest BCUT2D eigenvalue weighted by atomic mass is 9.93. The first kappa shape index (κ1) is 10.3. The van der Waals surface area contributed by atoms with Gasteiger partial charge in [-0.2, -0.15) is 0 Å². The van der Waals surface area contributed by atoms with Gasteiger partial charge in [-0.1, -0.05) is 12.1 Å². The molecule has 0 saturated heterocycles. The Hall–Kier alpha value is -1.90. The molecule has 0 aliphatic heterocycles. The van der Waals surface area contributed by atoms with Crippen molar-refractivity contribution in [3.05, 3.63) is 41.7 Å². The Morgan fingerprint density at radius 3 is 2.76 bits per heavy atom. The van der Waals surface area contributed by atoms with Gasteiger partial charge in [0.25, 0.3) is 0 Å². The van der Waals surface area contributed by atoms with E-state index in [9.17, 15) is 9.90 Å². The number of fused-ring (bicyclic) bond motifs is 1. The predicted octanol–water partition coefficient (Wildman–Crippen LogP) is 2.66. The van der Waals surface area contributed by atoms with Gasteiger partial charge in [0.2, 0.25) is 0 Å². The van der Waals surface area contributed by atoms with Crippen LogP contribution in [0.4, 0.5) is 0 Å². The normalized spacial score (nSPS) is 17.0. The molecule has 0 spiro atoms. The van der Waals surface area contributed by atoms with Crippen LogP contribution in [-0.4, -0.2) is 16.1 Å². The van der Waals surface area contributed by atoms with E-state index in [4.69, 9.17) is 0 Å². The number of hydrogen-bond acceptors (Lipinski definition) is 2. The van der Waals surface area contributed by atoms with Crippen molar-refractivity contribution in [1.82, 2.24) is 4.98 Å². The highest BCUT2D eigenvalue weighted by atomic mass is 16.4. The number of benzene rings is 1. The Balaban J connectivity index is 2.20. The molecule has 1 fully saturated rings. The standard InChI is InChI=1S/C14H13NO2/c1-9-12-8-11(14(5-6-14)13(16)17)3-2-10(12)4-7-15-9/h2-4,7-8H,5-6H2,1H3,(H,16,17). The van der Waals surface area contributed by atoms with Crippen LogP contribution in [-0.2, 0) is 10.2 Å². The summed E-state index contributed by atoms with van der Waals surface area (Å²) in [5.41, 5.74) is 1.23. The van der Waals surface area contributed by atoms with E-state index in [0.29, 0.717) is 0 Å². The fourth-order valence-corrected chi connectivity index (χ4v) is 2.36. The summed E-state index contributed by atoms with van der Waals surface area (Å²) in [5, 5.41) is 11.4. The zero-order valence-electron chi connectivity index (χ0n) is 9.60. The van der Waals surface area contributed by atoms with E-state index in [1.165, 1.54) is 0 Å². The van der Waals surface area contributed by atoms with Crippen LogP contribution in [0.1, 0.15) is 24.1 Å². The molecular formula is C14H13NO2. The number of hydrogen-bond donors (Lipinski definition) is 1. The first-order valence-electron chi connectivity index (χ1n) is 5.73. The molecule has 3 nitrogen and oxygen atoms in total. The molecule has 2 aromatic rings. The minimum atomic E-state index is -0.710. The maximum Gasteiger partial charge on any atom is 0.314 e. The van der Waals surface area contributed by atoms with Crippen LogP contribution < -0.4 is 0 Å². The van der Waals surface area contributed by atoms with Gasteiger partial charge >= 0.3 is 5.97 Å². The third-order valence-electron chi connectivity index (χ3n) is 3.68. The summed E-state index contributed by atoms with van der Waals surface area (Å²) in [6, 6.07) is 7.86. The van der Waals surface area contributed by atoms with Crippen molar-refractivity contribution in [2.24, 2.45) is 0 Å². The number of carbonyl (C=O) groups is 1. The van der Waals surface area contributed by atoms with Gasteiger partial charge in [-0.25, -0.2) is 0 Å². The number of pyridine rings is 1. The van der Waals surface area contributed by atoms with Crippen LogP contribution in [0, 0.1) is 6.92 Å². The topological polar surface area (TPSA) is 50.2 Å². The Bertz CT molecular complexity index is 615. The number of nitrogens with zero attached hydrogens (tertiary/aromatic N) is 1. The highest BCUT2D eigenvalue weighted by Crippen LogP contribution is 2.48. The maximum absolute atomic E-state index is 11.3. The van der Waals surface area contributed by atoms with Gasteiger partial charge in [0, 0.05) is 17.3 Å². The fraction of sp³-hybridized carbons (Fsp3) is 0.286. The largest absolute Gasteiger partial charge is 0.481 e. The lowest BCUT2D eigenvalue weighted by Crippen LogP contribution is -2.19. The van der Waals surface area contributed by atoms with Crippen LogP contribution in [0.25, 0.3) is 10.8 Å². The second-order valence-corrected chi connectivity index (χ2v) is 4.72. The van der Waals surface area contributed by atoms with Gasteiger partial charge < -0.3 is 5.11 Å². The van der Waals surface area contributed by atoms with Gasteiger partial charge in [-0.3, -0.25) is 9.78 Å². The van der Waals surface area contributed by atoms with E-state index in [1.54, 1.807) is 6.20 Å². The second kappa shape index (κ2) is 3.29. The van der Waals surface area contributed by atoms with Crippen molar-refractivity contribution in [1.29, 1.82) is 0 Å². The van der Waals surface area contributed by atoms with Crippen LogP contribution in [0.15, 0.2) is 30.5 Å². The molecule has 1 N–H and O–H groups in total. The fourth-order valence-electron chi connectivity index (χ4n) is 2.36. The minimum Gasteiger partial charge on any atom is -0.481 e. The summed E-state index contributed by atoms with van der Waals surface area (Å²) in [7, 11) is 0. The molecule has 86 valence electrons. The number of aromatic nitrogens is 1. The van der Waals surface area contributed by atoms with Crippen molar-refractivity contribution in [2.45, 2.75) is 25.2 Å².